The smallest absolute Gasteiger partial charge is 0.335 e. The monoisotopic (exact) mass is 295 g/mol. The molecule has 0 saturated heterocycles. The van der Waals surface area contributed by atoms with E-state index in [9.17, 15) is 9.59 Å². The van der Waals surface area contributed by atoms with Gasteiger partial charge < -0.3 is 5.11 Å². The number of carboxylic acid groups (broad SMARTS) is 1. The average Bonchev–Trinajstić information content (AvgIpc) is 2.81. The first-order chi connectivity index (χ1) is 10.5. The number of hydrazone groups is 1. The van der Waals surface area contributed by atoms with Crippen LogP contribution < -0.4 is 5.01 Å². The van der Waals surface area contributed by atoms with Crippen LogP contribution in [0.4, 0.5) is 5.69 Å². The van der Waals surface area contributed by atoms with E-state index in [1.807, 2.05) is 0 Å². The fourth-order valence-corrected chi connectivity index (χ4v) is 1.79. The Labute approximate surface area is 127 Å². The Morgan fingerprint density at radius 3 is 2.50 bits per heavy atom. The zero-order chi connectivity index (χ0) is 16.3. The second kappa shape index (κ2) is 6.01. The first-order valence-electron chi connectivity index (χ1n) is 6.25. The van der Waals surface area contributed by atoms with E-state index < -0.39 is 11.9 Å². The summed E-state index contributed by atoms with van der Waals surface area (Å²) in [5.74, 6) is -1.45. The zero-order valence-corrected chi connectivity index (χ0v) is 11.7. The summed E-state index contributed by atoms with van der Waals surface area (Å²) in [6.07, 6.45) is 2.92. The summed E-state index contributed by atoms with van der Waals surface area (Å²) in [5.41, 5.74) is 1.31. The molecular weight excluding hydrogens is 282 g/mol. The van der Waals surface area contributed by atoms with Crippen LogP contribution in [0.15, 0.2) is 71.4 Å². The largest absolute Gasteiger partial charge is 0.478 e. The van der Waals surface area contributed by atoms with Gasteiger partial charge in [-0.2, -0.15) is 10.1 Å². The summed E-state index contributed by atoms with van der Waals surface area (Å²) >= 11 is 0. The summed E-state index contributed by atoms with van der Waals surface area (Å²) in [6, 6.07) is 5.78. The van der Waals surface area contributed by atoms with Gasteiger partial charge in [0.15, 0.2) is 0 Å². The summed E-state index contributed by atoms with van der Waals surface area (Å²) in [6.45, 7) is 10.9. The number of carbonyl (C=O) groups is 2. The van der Waals surface area contributed by atoms with Crippen molar-refractivity contribution in [1.82, 2.24) is 0 Å². The van der Waals surface area contributed by atoms with Crippen LogP contribution in [0, 0.1) is 0 Å². The number of hydrogen-bond acceptors (Lipinski definition) is 4. The summed E-state index contributed by atoms with van der Waals surface area (Å²) in [5, 5.41) is 14.2. The van der Waals surface area contributed by atoms with Crippen molar-refractivity contribution in [3.63, 3.8) is 0 Å². The molecule has 1 aliphatic heterocycles. The van der Waals surface area contributed by atoms with Gasteiger partial charge in [-0.25, -0.2) is 4.79 Å². The lowest BCUT2D eigenvalue weighted by Crippen LogP contribution is -2.21. The molecule has 0 spiro atoms. The van der Waals surface area contributed by atoms with Crippen LogP contribution in [0.1, 0.15) is 10.4 Å². The molecule has 22 heavy (non-hydrogen) atoms. The molecular formula is C16H13N3O3. The Morgan fingerprint density at radius 2 is 1.95 bits per heavy atom. The van der Waals surface area contributed by atoms with E-state index in [0.717, 1.165) is 5.01 Å². The van der Waals surface area contributed by atoms with Crippen LogP contribution in [0.5, 0.6) is 0 Å². The van der Waals surface area contributed by atoms with Crippen molar-refractivity contribution in [2.24, 2.45) is 10.1 Å². The number of carbonyl (C=O) groups excluding carboxylic acids is 1. The SMILES string of the molecule is C=CC=NC(=C)C1=NN(c2ccc(C(=O)O)cc2)C(=O)C1=C. The standard InChI is InChI=1S/C16H13N3O3/c1-4-9-17-11(3)14-10(2)15(20)19(18-14)13-7-5-12(6-8-13)16(21)22/h4-9H,1-3H2,(H,21,22). The van der Waals surface area contributed by atoms with Crippen molar-refractivity contribution in [3.8, 4) is 0 Å². The molecule has 1 amide bonds. The van der Waals surface area contributed by atoms with E-state index in [0.29, 0.717) is 11.4 Å². The molecule has 0 radical (unpaired) electrons. The first-order valence-corrected chi connectivity index (χ1v) is 6.25. The Kier molecular flexibility index (Phi) is 4.13. The lowest BCUT2D eigenvalue weighted by atomic mass is 10.1. The minimum absolute atomic E-state index is 0.124. The topological polar surface area (TPSA) is 82.3 Å². The highest BCUT2D eigenvalue weighted by Crippen LogP contribution is 2.25. The molecule has 0 aromatic heterocycles. The second-order valence-electron chi connectivity index (χ2n) is 4.36. The van der Waals surface area contributed by atoms with Crippen molar-refractivity contribution in [3.05, 3.63) is 66.9 Å². The molecule has 0 bridgehead atoms. The van der Waals surface area contributed by atoms with E-state index in [1.54, 1.807) is 0 Å². The van der Waals surface area contributed by atoms with Gasteiger partial charge in [-0.15, -0.1) is 0 Å². The molecule has 0 saturated carbocycles. The van der Waals surface area contributed by atoms with E-state index >= 15 is 0 Å². The Balaban J connectivity index is 2.33. The van der Waals surface area contributed by atoms with E-state index in [2.05, 4.69) is 29.8 Å². The third-order valence-corrected chi connectivity index (χ3v) is 2.90. The van der Waals surface area contributed by atoms with Gasteiger partial charge in [0.25, 0.3) is 5.91 Å². The van der Waals surface area contributed by atoms with Crippen LogP contribution in [-0.2, 0) is 4.79 Å². The van der Waals surface area contributed by atoms with E-state index in [4.69, 9.17) is 5.11 Å². The number of aromatic carboxylic acids is 1. The summed E-state index contributed by atoms with van der Waals surface area (Å²) in [7, 11) is 0. The number of rotatable bonds is 5. The molecule has 2 rings (SSSR count). The number of amides is 1. The summed E-state index contributed by atoms with van der Waals surface area (Å²) in [4.78, 5) is 27.0. The minimum Gasteiger partial charge on any atom is -0.478 e. The molecule has 1 aromatic rings. The lowest BCUT2D eigenvalue weighted by molar-refractivity contribution is -0.114. The molecule has 1 heterocycles. The number of hydrogen-bond donors (Lipinski definition) is 1. The first kappa shape index (κ1) is 15.1. The molecule has 1 aliphatic rings. The quantitative estimate of drug-likeness (QED) is 0.669. The van der Waals surface area contributed by atoms with E-state index in [-0.39, 0.29) is 16.8 Å². The number of allylic oxidation sites excluding steroid dienone is 2. The number of carboxylic acids is 1. The predicted molar refractivity (Wildman–Crippen MR) is 85.3 cm³/mol. The number of anilines is 1. The number of aliphatic imine (C=N–C) groups is 1. The van der Waals surface area contributed by atoms with Crippen molar-refractivity contribution in [2.75, 3.05) is 5.01 Å². The second-order valence-corrected chi connectivity index (χ2v) is 4.36. The average molecular weight is 295 g/mol. The Hall–Kier alpha value is -3.28. The van der Waals surface area contributed by atoms with E-state index in [1.165, 1.54) is 36.6 Å². The lowest BCUT2D eigenvalue weighted by Gasteiger charge is -2.11. The third kappa shape index (κ3) is 2.76. The Morgan fingerprint density at radius 1 is 1.32 bits per heavy atom. The van der Waals surface area contributed by atoms with Crippen LogP contribution in [-0.4, -0.2) is 28.9 Å². The third-order valence-electron chi connectivity index (χ3n) is 2.90. The molecule has 110 valence electrons. The van der Waals surface area contributed by atoms with Crippen LogP contribution in [0.2, 0.25) is 0 Å². The number of benzene rings is 1. The van der Waals surface area contributed by atoms with Gasteiger partial charge in [0, 0.05) is 6.21 Å². The van der Waals surface area contributed by atoms with Gasteiger partial charge in [0.2, 0.25) is 0 Å². The zero-order valence-electron chi connectivity index (χ0n) is 11.7. The van der Waals surface area contributed by atoms with Crippen molar-refractivity contribution in [2.45, 2.75) is 0 Å². The normalized spacial score (nSPS) is 14.4. The molecule has 6 heteroatoms. The van der Waals surface area contributed by atoms with Crippen LogP contribution in [0.3, 0.4) is 0 Å². The highest BCUT2D eigenvalue weighted by molar-refractivity contribution is 6.34. The minimum atomic E-state index is -1.04. The molecule has 1 N–H and O–H groups in total. The van der Waals surface area contributed by atoms with Gasteiger partial charge in [0.1, 0.15) is 5.71 Å². The van der Waals surface area contributed by atoms with Gasteiger partial charge >= 0.3 is 5.97 Å². The molecule has 0 aliphatic carbocycles. The maximum atomic E-state index is 12.2. The molecule has 6 nitrogen and oxygen atoms in total. The predicted octanol–water partition coefficient (Wildman–Crippen LogP) is 2.41. The van der Waals surface area contributed by atoms with Crippen molar-refractivity contribution < 1.29 is 14.7 Å². The van der Waals surface area contributed by atoms with Crippen LogP contribution >= 0.6 is 0 Å². The fraction of sp³-hybridized carbons (Fsp3) is 0. The van der Waals surface area contributed by atoms with Crippen LogP contribution in [0.25, 0.3) is 0 Å². The maximum absolute atomic E-state index is 12.2. The van der Waals surface area contributed by atoms with Crippen molar-refractivity contribution in [1.29, 1.82) is 0 Å². The maximum Gasteiger partial charge on any atom is 0.335 e. The van der Waals surface area contributed by atoms with Gasteiger partial charge in [-0.05, 0) is 24.3 Å². The highest BCUT2D eigenvalue weighted by atomic mass is 16.4. The Bertz CT molecular complexity index is 742. The highest BCUT2D eigenvalue weighted by Gasteiger charge is 2.30. The molecule has 0 unspecified atom stereocenters. The molecule has 1 aromatic carbocycles. The van der Waals surface area contributed by atoms with Gasteiger partial charge in [-0.1, -0.05) is 25.8 Å². The van der Waals surface area contributed by atoms with Gasteiger partial charge in [0.05, 0.1) is 22.5 Å². The molecule has 0 atom stereocenters. The fourth-order valence-electron chi connectivity index (χ4n) is 1.79. The van der Waals surface area contributed by atoms with Gasteiger partial charge in [-0.3, -0.25) is 9.79 Å². The molecule has 0 fully saturated rings. The number of nitrogens with zero attached hydrogens (tertiary/aromatic N) is 3. The van der Waals surface area contributed by atoms with Crippen molar-refractivity contribution >= 4 is 29.5 Å². The summed E-state index contributed by atoms with van der Waals surface area (Å²) < 4.78 is 0.